The number of nitrogens with zero attached hydrogens (tertiary/aromatic N) is 1. The first kappa shape index (κ1) is 14.1. The summed E-state index contributed by atoms with van der Waals surface area (Å²) >= 11 is 0. The van der Waals surface area contributed by atoms with E-state index in [4.69, 9.17) is 4.74 Å². The van der Waals surface area contributed by atoms with E-state index < -0.39 is 11.4 Å². The number of carbonyl (C=O) groups is 2. The van der Waals surface area contributed by atoms with E-state index in [9.17, 15) is 14.7 Å². The van der Waals surface area contributed by atoms with Crippen LogP contribution in [0.3, 0.4) is 0 Å². The third-order valence-electron chi connectivity index (χ3n) is 4.25. The molecule has 2 fully saturated rings. The van der Waals surface area contributed by atoms with Crippen LogP contribution in [0.15, 0.2) is 0 Å². The Labute approximate surface area is 113 Å². The molecule has 0 aromatic carbocycles. The minimum absolute atomic E-state index is 0.162. The van der Waals surface area contributed by atoms with Crippen LogP contribution in [0.25, 0.3) is 0 Å². The van der Waals surface area contributed by atoms with Crippen LogP contribution in [0.4, 0.5) is 4.79 Å². The molecule has 1 saturated carbocycles. The third kappa shape index (κ3) is 3.00. The van der Waals surface area contributed by atoms with Crippen molar-refractivity contribution in [3.05, 3.63) is 0 Å². The highest BCUT2D eigenvalue weighted by Crippen LogP contribution is 2.38. The highest BCUT2D eigenvalue weighted by atomic mass is 16.5. The molecule has 0 aromatic heterocycles. The molecular formula is C13H22N2O4. The van der Waals surface area contributed by atoms with Gasteiger partial charge in [-0.15, -0.1) is 0 Å². The largest absolute Gasteiger partial charge is 0.481 e. The van der Waals surface area contributed by atoms with Gasteiger partial charge < -0.3 is 20.1 Å². The van der Waals surface area contributed by atoms with Gasteiger partial charge in [0.2, 0.25) is 0 Å². The number of rotatable bonds is 2. The first-order valence-electron chi connectivity index (χ1n) is 6.90. The average molecular weight is 270 g/mol. The predicted molar refractivity (Wildman–Crippen MR) is 68.9 cm³/mol. The zero-order chi connectivity index (χ0) is 13.9. The smallest absolute Gasteiger partial charge is 0.317 e. The third-order valence-corrected chi connectivity index (χ3v) is 4.25. The number of carboxylic acids is 1. The monoisotopic (exact) mass is 270 g/mol. The number of carboxylic acid groups (broad SMARTS) is 1. The van der Waals surface area contributed by atoms with Crippen molar-refractivity contribution in [3.8, 4) is 0 Å². The Morgan fingerprint density at radius 2 is 2.11 bits per heavy atom. The Kier molecular flexibility index (Phi) is 4.29. The fourth-order valence-electron chi connectivity index (χ4n) is 2.84. The van der Waals surface area contributed by atoms with Gasteiger partial charge in [0.05, 0.1) is 12.0 Å². The Morgan fingerprint density at radius 1 is 1.32 bits per heavy atom. The fourth-order valence-corrected chi connectivity index (χ4v) is 2.84. The molecule has 2 amide bonds. The van der Waals surface area contributed by atoms with E-state index >= 15 is 0 Å². The lowest BCUT2D eigenvalue weighted by Crippen LogP contribution is -2.51. The Balaban J connectivity index is 1.96. The number of carbonyl (C=O) groups excluding carboxylic acids is 1. The molecular weight excluding hydrogens is 248 g/mol. The van der Waals surface area contributed by atoms with E-state index in [1.54, 1.807) is 11.8 Å². The molecule has 6 nitrogen and oxygen atoms in total. The Morgan fingerprint density at radius 3 is 2.84 bits per heavy atom. The van der Waals surface area contributed by atoms with Crippen molar-refractivity contribution in [2.24, 2.45) is 5.41 Å². The van der Waals surface area contributed by atoms with E-state index in [-0.39, 0.29) is 12.1 Å². The summed E-state index contributed by atoms with van der Waals surface area (Å²) in [6.07, 6.45) is 3.03. The van der Waals surface area contributed by atoms with Gasteiger partial charge in [0.15, 0.2) is 0 Å². The molecule has 0 aromatic rings. The SMILES string of the molecule is CC1(C(=O)O)CCCC1NC(=O)N1CCCOCC1. The van der Waals surface area contributed by atoms with Crippen molar-refractivity contribution >= 4 is 12.0 Å². The number of ether oxygens (including phenoxy) is 1. The molecule has 0 bridgehead atoms. The van der Waals surface area contributed by atoms with Crippen molar-refractivity contribution in [1.29, 1.82) is 0 Å². The van der Waals surface area contributed by atoms with Gasteiger partial charge in [0, 0.05) is 25.7 Å². The van der Waals surface area contributed by atoms with Crippen molar-refractivity contribution < 1.29 is 19.4 Å². The highest BCUT2D eigenvalue weighted by Gasteiger charge is 2.46. The van der Waals surface area contributed by atoms with Gasteiger partial charge in [-0.25, -0.2) is 4.79 Å². The molecule has 0 spiro atoms. The Bertz CT molecular complexity index is 353. The highest BCUT2D eigenvalue weighted by molar-refractivity contribution is 5.79. The summed E-state index contributed by atoms with van der Waals surface area (Å²) in [5.74, 6) is -0.825. The average Bonchev–Trinajstić information content (AvgIpc) is 2.61. The zero-order valence-electron chi connectivity index (χ0n) is 11.4. The van der Waals surface area contributed by atoms with Gasteiger partial charge in [0.1, 0.15) is 0 Å². The van der Waals surface area contributed by atoms with Gasteiger partial charge in [0.25, 0.3) is 0 Å². The molecule has 0 radical (unpaired) electrons. The molecule has 2 N–H and O–H groups in total. The van der Waals surface area contributed by atoms with Crippen LogP contribution in [0.2, 0.25) is 0 Å². The van der Waals surface area contributed by atoms with Gasteiger partial charge >= 0.3 is 12.0 Å². The summed E-state index contributed by atoms with van der Waals surface area (Å²) in [7, 11) is 0. The molecule has 2 aliphatic rings. The second kappa shape index (κ2) is 5.77. The number of hydrogen-bond donors (Lipinski definition) is 2. The van der Waals surface area contributed by atoms with Crippen molar-refractivity contribution in [1.82, 2.24) is 10.2 Å². The molecule has 6 heteroatoms. The number of hydrogen-bond acceptors (Lipinski definition) is 3. The Hall–Kier alpha value is -1.30. The van der Waals surface area contributed by atoms with Crippen LogP contribution >= 0.6 is 0 Å². The van der Waals surface area contributed by atoms with Crippen LogP contribution in [-0.2, 0) is 9.53 Å². The normalized spacial score (nSPS) is 31.8. The van der Waals surface area contributed by atoms with Crippen LogP contribution < -0.4 is 5.32 Å². The predicted octanol–water partition coefficient (Wildman–Crippen LogP) is 1.06. The van der Waals surface area contributed by atoms with E-state index in [1.807, 2.05) is 0 Å². The summed E-state index contributed by atoms with van der Waals surface area (Å²) < 4.78 is 5.31. The summed E-state index contributed by atoms with van der Waals surface area (Å²) in [6.45, 7) is 4.19. The van der Waals surface area contributed by atoms with E-state index in [0.29, 0.717) is 32.7 Å². The van der Waals surface area contributed by atoms with Crippen LogP contribution in [0.5, 0.6) is 0 Å². The number of nitrogens with one attached hydrogen (secondary N) is 1. The van der Waals surface area contributed by atoms with Crippen LogP contribution in [-0.4, -0.2) is 54.4 Å². The summed E-state index contributed by atoms with van der Waals surface area (Å²) in [5, 5.41) is 12.2. The molecule has 1 aliphatic heterocycles. The molecule has 108 valence electrons. The van der Waals surface area contributed by atoms with Gasteiger partial charge in [-0.05, 0) is 26.2 Å². The fraction of sp³-hybridized carbons (Fsp3) is 0.846. The van der Waals surface area contributed by atoms with Gasteiger partial charge in [-0.3, -0.25) is 4.79 Å². The molecule has 1 heterocycles. The molecule has 1 aliphatic carbocycles. The first-order chi connectivity index (χ1) is 9.04. The lowest BCUT2D eigenvalue weighted by atomic mass is 9.85. The van der Waals surface area contributed by atoms with Crippen molar-refractivity contribution in [2.75, 3.05) is 26.3 Å². The molecule has 2 unspecified atom stereocenters. The minimum Gasteiger partial charge on any atom is -0.481 e. The minimum atomic E-state index is -0.835. The van der Waals surface area contributed by atoms with Crippen molar-refractivity contribution in [2.45, 2.75) is 38.6 Å². The maximum absolute atomic E-state index is 12.2. The summed E-state index contributed by atoms with van der Waals surface area (Å²) in [5.41, 5.74) is -0.835. The van der Waals surface area contributed by atoms with Crippen LogP contribution in [0, 0.1) is 5.41 Å². The van der Waals surface area contributed by atoms with E-state index in [0.717, 1.165) is 19.3 Å². The molecule has 1 saturated heterocycles. The lowest BCUT2D eigenvalue weighted by molar-refractivity contribution is -0.148. The topological polar surface area (TPSA) is 78.9 Å². The van der Waals surface area contributed by atoms with Gasteiger partial charge in [-0.2, -0.15) is 0 Å². The van der Waals surface area contributed by atoms with Crippen LogP contribution in [0.1, 0.15) is 32.6 Å². The van der Waals surface area contributed by atoms with E-state index in [1.165, 1.54) is 0 Å². The maximum Gasteiger partial charge on any atom is 0.317 e. The molecule has 19 heavy (non-hydrogen) atoms. The number of amides is 2. The number of urea groups is 1. The first-order valence-corrected chi connectivity index (χ1v) is 6.90. The lowest BCUT2D eigenvalue weighted by Gasteiger charge is -2.30. The van der Waals surface area contributed by atoms with E-state index in [2.05, 4.69) is 5.32 Å². The van der Waals surface area contributed by atoms with Crippen molar-refractivity contribution in [3.63, 3.8) is 0 Å². The summed E-state index contributed by atoms with van der Waals surface area (Å²) in [4.78, 5) is 25.3. The maximum atomic E-state index is 12.2. The van der Waals surface area contributed by atoms with Gasteiger partial charge in [-0.1, -0.05) is 6.42 Å². The standard InChI is InChI=1S/C13H22N2O4/c1-13(11(16)17)5-2-4-10(13)14-12(18)15-6-3-8-19-9-7-15/h10H,2-9H2,1H3,(H,14,18)(H,16,17). The second-order valence-electron chi connectivity index (χ2n) is 5.57. The quantitative estimate of drug-likeness (QED) is 0.786. The second-order valence-corrected chi connectivity index (χ2v) is 5.57. The summed E-state index contributed by atoms with van der Waals surface area (Å²) in [6, 6.07) is -0.438. The zero-order valence-corrected chi connectivity index (χ0v) is 11.4. The molecule has 2 atom stereocenters. The number of aliphatic carboxylic acids is 1. The molecule has 2 rings (SSSR count).